The van der Waals surface area contributed by atoms with Crippen molar-refractivity contribution in [2.45, 2.75) is 18.2 Å². The molecule has 0 amide bonds. The Morgan fingerprint density at radius 3 is 2.39 bits per heavy atom. The van der Waals surface area contributed by atoms with Gasteiger partial charge in [-0.15, -0.1) is 0 Å². The van der Waals surface area contributed by atoms with Crippen LogP contribution in [0.4, 0.5) is 0 Å². The van der Waals surface area contributed by atoms with E-state index in [9.17, 15) is 23.1 Å². The zero-order valence-electron chi connectivity index (χ0n) is 14.8. The molecule has 0 saturated carbocycles. The molecule has 2 N–H and O–H groups in total. The Kier molecular flexibility index (Phi) is 5.55. The molecule has 0 bridgehead atoms. The van der Waals surface area contributed by atoms with Crippen LogP contribution in [0.5, 0.6) is 0 Å². The summed E-state index contributed by atoms with van der Waals surface area (Å²) in [5, 5.41) is 10.3. The van der Waals surface area contributed by atoms with Crippen molar-refractivity contribution >= 4 is 44.4 Å². The van der Waals surface area contributed by atoms with E-state index in [1.54, 1.807) is 18.2 Å². The van der Waals surface area contributed by atoms with Gasteiger partial charge in [0.15, 0.2) is 0 Å². The van der Waals surface area contributed by atoms with Gasteiger partial charge in [-0.1, -0.05) is 17.7 Å². The number of fused-ring (bicyclic) bond motifs is 1. The van der Waals surface area contributed by atoms with Crippen molar-refractivity contribution in [2.75, 3.05) is 6.54 Å². The lowest BCUT2D eigenvalue weighted by Gasteiger charge is -2.08. The number of aromatic nitrogens is 1. The third kappa shape index (κ3) is 4.09. The van der Waals surface area contributed by atoms with Gasteiger partial charge in [0.2, 0.25) is 15.9 Å². The summed E-state index contributed by atoms with van der Waals surface area (Å²) >= 11 is 5.77. The number of nitrogens with zero attached hydrogens (tertiary/aromatic N) is 1. The predicted molar refractivity (Wildman–Crippen MR) is 106 cm³/mol. The van der Waals surface area contributed by atoms with Gasteiger partial charge in [-0.2, -0.15) is 0 Å². The van der Waals surface area contributed by atoms with Crippen LogP contribution in [0.25, 0.3) is 10.9 Å². The number of hydrogen-bond acceptors (Lipinski definition) is 4. The van der Waals surface area contributed by atoms with Gasteiger partial charge in [0, 0.05) is 23.9 Å². The highest BCUT2D eigenvalue weighted by molar-refractivity contribution is 7.89. The molecule has 9 heteroatoms. The first kappa shape index (κ1) is 20.1. The smallest absolute Gasteiger partial charge is 0.352 e. The maximum absolute atomic E-state index is 12.3. The molecule has 146 valence electrons. The van der Waals surface area contributed by atoms with Crippen LogP contribution in [0.15, 0.2) is 53.4 Å². The van der Waals surface area contributed by atoms with E-state index in [1.807, 2.05) is 0 Å². The average Bonchev–Trinajstić information content (AvgIpc) is 3.01. The number of carboxylic acid groups (broad SMARTS) is 1. The molecule has 0 atom stereocenters. The van der Waals surface area contributed by atoms with E-state index < -0.39 is 21.9 Å². The lowest BCUT2D eigenvalue weighted by Crippen LogP contribution is -2.25. The van der Waals surface area contributed by atoms with E-state index in [1.165, 1.54) is 37.3 Å². The summed E-state index contributed by atoms with van der Waals surface area (Å²) in [6.45, 7) is 1.46. The Morgan fingerprint density at radius 1 is 1.11 bits per heavy atom. The summed E-state index contributed by atoms with van der Waals surface area (Å²) < 4.78 is 28.2. The van der Waals surface area contributed by atoms with Crippen molar-refractivity contribution in [2.24, 2.45) is 0 Å². The van der Waals surface area contributed by atoms with Gasteiger partial charge in [0.25, 0.3) is 0 Å². The number of rotatable bonds is 6. The minimum Gasteiger partial charge on any atom is -0.477 e. The van der Waals surface area contributed by atoms with E-state index in [4.69, 9.17) is 11.6 Å². The van der Waals surface area contributed by atoms with Gasteiger partial charge in [-0.3, -0.25) is 9.36 Å². The van der Waals surface area contributed by atoms with Crippen LogP contribution < -0.4 is 4.72 Å². The highest BCUT2D eigenvalue weighted by Crippen LogP contribution is 2.22. The topological polar surface area (TPSA) is 105 Å². The molecule has 3 rings (SSSR count). The third-order valence-corrected chi connectivity index (χ3v) is 5.96. The average molecular weight is 421 g/mol. The molecular formula is C19H17ClN2O5S. The Hall–Kier alpha value is -2.68. The third-order valence-electron chi connectivity index (χ3n) is 4.23. The van der Waals surface area contributed by atoms with Crippen molar-refractivity contribution in [3.8, 4) is 0 Å². The van der Waals surface area contributed by atoms with E-state index >= 15 is 0 Å². The van der Waals surface area contributed by atoms with Gasteiger partial charge < -0.3 is 5.11 Å². The SMILES string of the molecule is CC(=O)n1c(C(=O)O)cc2cc(CCNS(=O)(=O)c3ccc(Cl)cc3)ccc21. The predicted octanol–water partition coefficient (Wildman–Crippen LogP) is 3.17. The molecule has 2 aromatic carbocycles. The number of sulfonamides is 1. The highest BCUT2D eigenvalue weighted by atomic mass is 35.5. The molecule has 0 radical (unpaired) electrons. The quantitative estimate of drug-likeness (QED) is 0.637. The van der Waals surface area contributed by atoms with Crippen LogP contribution in [-0.4, -0.2) is 36.5 Å². The second kappa shape index (κ2) is 7.75. The molecule has 0 saturated heterocycles. The molecule has 0 spiro atoms. The van der Waals surface area contributed by atoms with Crippen molar-refractivity contribution in [3.05, 3.63) is 64.8 Å². The number of carboxylic acids is 1. The maximum Gasteiger partial charge on any atom is 0.352 e. The fraction of sp³-hybridized carbons (Fsp3) is 0.158. The number of carbonyl (C=O) groups is 2. The Bertz CT molecular complexity index is 1170. The van der Waals surface area contributed by atoms with Gasteiger partial charge in [0.05, 0.1) is 10.4 Å². The van der Waals surface area contributed by atoms with Crippen LogP contribution in [-0.2, 0) is 16.4 Å². The minimum atomic E-state index is -3.65. The summed E-state index contributed by atoms with van der Waals surface area (Å²) in [4.78, 5) is 23.3. The van der Waals surface area contributed by atoms with E-state index in [0.717, 1.165) is 10.1 Å². The number of nitrogens with one attached hydrogen (secondary N) is 1. The first-order valence-corrected chi connectivity index (χ1v) is 10.2. The molecule has 7 nitrogen and oxygen atoms in total. The minimum absolute atomic E-state index is 0.108. The van der Waals surface area contributed by atoms with Gasteiger partial charge in [0.1, 0.15) is 5.69 Å². The molecule has 1 heterocycles. The van der Waals surface area contributed by atoms with E-state index in [0.29, 0.717) is 22.3 Å². The summed E-state index contributed by atoms with van der Waals surface area (Å²) in [5.41, 5.74) is 1.20. The summed E-state index contributed by atoms with van der Waals surface area (Å²) in [6.07, 6.45) is 0.399. The number of halogens is 1. The molecule has 0 aliphatic rings. The van der Waals surface area contributed by atoms with Crippen LogP contribution >= 0.6 is 11.6 Å². The molecular weight excluding hydrogens is 404 g/mol. The summed E-state index contributed by atoms with van der Waals surface area (Å²) in [6, 6.07) is 12.4. The largest absolute Gasteiger partial charge is 0.477 e. The highest BCUT2D eigenvalue weighted by Gasteiger charge is 2.18. The number of benzene rings is 2. The van der Waals surface area contributed by atoms with Crippen LogP contribution in [0.2, 0.25) is 5.02 Å². The first-order chi connectivity index (χ1) is 13.2. The first-order valence-electron chi connectivity index (χ1n) is 8.33. The Labute approximate surface area is 166 Å². The van der Waals surface area contributed by atoms with Crippen LogP contribution in [0, 0.1) is 0 Å². The Balaban J connectivity index is 1.77. The monoisotopic (exact) mass is 420 g/mol. The molecule has 0 fully saturated rings. The van der Waals surface area contributed by atoms with Crippen molar-refractivity contribution in [3.63, 3.8) is 0 Å². The molecule has 0 aliphatic carbocycles. The Morgan fingerprint density at radius 2 is 1.79 bits per heavy atom. The number of hydrogen-bond donors (Lipinski definition) is 2. The second-order valence-corrected chi connectivity index (χ2v) is 8.39. The van der Waals surface area contributed by atoms with E-state index in [-0.39, 0.29) is 17.1 Å². The zero-order valence-corrected chi connectivity index (χ0v) is 16.4. The van der Waals surface area contributed by atoms with E-state index in [2.05, 4.69) is 4.72 Å². The normalized spacial score (nSPS) is 11.6. The van der Waals surface area contributed by atoms with Crippen LogP contribution in [0.1, 0.15) is 27.8 Å². The number of aromatic carboxylic acids is 1. The maximum atomic E-state index is 12.3. The standard InChI is InChI=1S/C19H17ClN2O5S/c1-12(23)22-17-7-2-13(10-14(17)11-18(22)19(24)25)8-9-21-28(26,27)16-5-3-15(20)4-6-16/h2-7,10-11,21H,8-9H2,1H3,(H,24,25). The molecule has 3 aromatic rings. The fourth-order valence-electron chi connectivity index (χ4n) is 2.94. The summed E-state index contributed by atoms with van der Waals surface area (Å²) in [5.74, 6) is -1.58. The zero-order chi connectivity index (χ0) is 20.5. The summed E-state index contributed by atoms with van der Waals surface area (Å²) in [7, 11) is -3.65. The van der Waals surface area contributed by atoms with Gasteiger partial charge in [-0.05, 0) is 54.4 Å². The van der Waals surface area contributed by atoms with Crippen molar-refractivity contribution in [1.29, 1.82) is 0 Å². The number of carbonyl (C=O) groups excluding carboxylic acids is 1. The van der Waals surface area contributed by atoms with Crippen molar-refractivity contribution < 1.29 is 23.1 Å². The van der Waals surface area contributed by atoms with Gasteiger partial charge in [-0.25, -0.2) is 17.9 Å². The second-order valence-electron chi connectivity index (χ2n) is 6.18. The van der Waals surface area contributed by atoms with Crippen LogP contribution in [0.3, 0.4) is 0 Å². The molecule has 0 aliphatic heterocycles. The lowest BCUT2D eigenvalue weighted by molar-refractivity contribution is 0.0676. The lowest BCUT2D eigenvalue weighted by atomic mass is 10.1. The van der Waals surface area contributed by atoms with Gasteiger partial charge >= 0.3 is 5.97 Å². The molecule has 28 heavy (non-hydrogen) atoms. The van der Waals surface area contributed by atoms with Crippen molar-refractivity contribution in [1.82, 2.24) is 9.29 Å². The molecule has 1 aromatic heterocycles. The fourth-order valence-corrected chi connectivity index (χ4v) is 4.10. The molecule has 0 unspecified atom stereocenters.